The zero-order chi connectivity index (χ0) is 14.2. The summed E-state index contributed by atoms with van der Waals surface area (Å²) in [6.07, 6.45) is 2.39. The highest BCUT2D eigenvalue weighted by atomic mass is 32.2. The van der Waals surface area contributed by atoms with Crippen molar-refractivity contribution in [2.75, 3.05) is 24.6 Å². The zero-order valence-electron chi connectivity index (χ0n) is 11.5. The minimum atomic E-state index is -0.0369. The molecule has 1 aliphatic rings. The molecule has 1 heterocycles. The van der Waals surface area contributed by atoms with Crippen LogP contribution in [0.4, 0.5) is 0 Å². The topological polar surface area (TPSA) is 55.1 Å². The fraction of sp³-hybridized carbons (Fsp3) is 0.438. The van der Waals surface area contributed by atoms with Gasteiger partial charge in [-0.1, -0.05) is 24.0 Å². The van der Waals surface area contributed by atoms with Crippen LogP contribution in [0, 0.1) is 17.8 Å². The normalized spacial score (nSPS) is 15.2. The summed E-state index contributed by atoms with van der Waals surface area (Å²) in [5, 5.41) is 3.04. The molecule has 3 N–H and O–H groups in total. The van der Waals surface area contributed by atoms with Gasteiger partial charge in [0.1, 0.15) is 0 Å². The molecule has 1 aromatic rings. The molecule has 4 heteroatoms. The molecule has 0 radical (unpaired) electrons. The van der Waals surface area contributed by atoms with Crippen molar-refractivity contribution in [3.05, 3.63) is 35.4 Å². The van der Waals surface area contributed by atoms with Crippen LogP contribution in [-0.2, 0) is 0 Å². The lowest BCUT2D eigenvalue weighted by atomic mass is 10.0. The maximum atomic E-state index is 12.3. The quantitative estimate of drug-likeness (QED) is 0.835. The number of benzene rings is 1. The van der Waals surface area contributed by atoms with Crippen LogP contribution in [0.15, 0.2) is 24.3 Å². The Hall–Kier alpha value is -1.44. The van der Waals surface area contributed by atoms with Gasteiger partial charge < -0.3 is 11.1 Å². The van der Waals surface area contributed by atoms with Crippen LogP contribution < -0.4 is 11.1 Å². The summed E-state index contributed by atoms with van der Waals surface area (Å²) in [7, 11) is 0. The van der Waals surface area contributed by atoms with Crippen LogP contribution in [0.1, 0.15) is 28.8 Å². The Morgan fingerprint density at radius 3 is 2.85 bits per heavy atom. The van der Waals surface area contributed by atoms with E-state index in [4.69, 9.17) is 5.73 Å². The summed E-state index contributed by atoms with van der Waals surface area (Å²) in [4.78, 5) is 12.3. The highest BCUT2D eigenvalue weighted by molar-refractivity contribution is 7.99. The predicted octanol–water partition coefficient (Wildman–Crippen LogP) is 1.87. The van der Waals surface area contributed by atoms with E-state index in [1.807, 2.05) is 36.0 Å². The minimum absolute atomic E-state index is 0.0369. The Kier molecular flexibility index (Phi) is 5.97. The molecule has 0 unspecified atom stereocenters. The summed E-state index contributed by atoms with van der Waals surface area (Å²) in [5.41, 5.74) is 6.77. The molecule has 1 fully saturated rings. The monoisotopic (exact) mass is 288 g/mol. The Bertz CT molecular complexity index is 513. The molecule has 3 nitrogen and oxygen atoms in total. The molecule has 1 saturated heterocycles. The van der Waals surface area contributed by atoms with Gasteiger partial charge in [0.05, 0.1) is 12.1 Å². The number of nitrogens with two attached hydrogens (primary N) is 1. The maximum absolute atomic E-state index is 12.3. The lowest BCUT2D eigenvalue weighted by Crippen LogP contribution is -2.31. The van der Waals surface area contributed by atoms with Crippen LogP contribution >= 0.6 is 11.8 Å². The molecule has 0 aliphatic carbocycles. The van der Waals surface area contributed by atoms with E-state index in [9.17, 15) is 4.79 Å². The largest absolute Gasteiger partial charge is 0.352 e. The second kappa shape index (κ2) is 7.98. The molecular weight excluding hydrogens is 268 g/mol. The third-order valence-corrected chi connectivity index (χ3v) is 4.44. The number of hydrogen-bond acceptors (Lipinski definition) is 3. The van der Waals surface area contributed by atoms with E-state index in [-0.39, 0.29) is 5.91 Å². The SMILES string of the molecule is NCC#Cc1ccccc1C(=O)NCC1CCSCC1. The molecule has 2 rings (SSSR count). The van der Waals surface area contributed by atoms with Crippen molar-refractivity contribution < 1.29 is 4.79 Å². The third-order valence-electron chi connectivity index (χ3n) is 3.39. The molecular formula is C16H20N2OS. The van der Waals surface area contributed by atoms with E-state index < -0.39 is 0 Å². The number of amides is 1. The van der Waals surface area contributed by atoms with Crippen LogP contribution in [-0.4, -0.2) is 30.5 Å². The smallest absolute Gasteiger partial charge is 0.252 e. The third kappa shape index (κ3) is 4.29. The highest BCUT2D eigenvalue weighted by Gasteiger charge is 2.16. The predicted molar refractivity (Wildman–Crippen MR) is 84.8 cm³/mol. The molecule has 0 saturated carbocycles. The Morgan fingerprint density at radius 2 is 2.10 bits per heavy atom. The van der Waals surface area contributed by atoms with Crippen LogP contribution in [0.5, 0.6) is 0 Å². The van der Waals surface area contributed by atoms with Crippen molar-refractivity contribution in [3.8, 4) is 11.8 Å². The minimum Gasteiger partial charge on any atom is -0.352 e. The number of nitrogens with one attached hydrogen (secondary N) is 1. The van der Waals surface area contributed by atoms with Gasteiger partial charge in [-0.15, -0.1) is 0 Å². The van der Waals surface area contributed by atoms with E-state index >= 15 is 0 Å². The van der Waals surface area contributed by atoms with Crippen LogP contribution in [0.2, 0.25) is 0 Å². The lowest BCUT2D eigenvalue weighted by Gasteiger charge is -2.21. The average molecular weight is 288 g/mol. The molecule has 0 bridgehead atoms. The highest BCUT2D eigenvalue weighted by Crippen LogP contribution is 2.22. The first-order chi connectivity index (χ1) is 9.81. The summed E-state index contributed by atoms with van der Waals surface area (Å²) in [5.74, 6) is 8.74. The summed E-state index contributed by atoms with van der Waals surface area (Å²) in [6.45, 7) is 1.06. The number of carbonyl (C=O) groups is 1. The van der Waals surface area contributed by atoms with Gasteiger partial charge in [-0.05, 0) is 42.4 Å². The molecule has 1 aliphatic heterocycles. The van der Waals surface area contributed by atoms with Gasteiger partial charge in [0.2, 0.25) is 0 Å². The zero-order valence-corrected chi connectivity index (χ0v) is 12.3. The number of rotatable bonds is 3. The van der Waals surface area contributed by atoms with Crippen LogP contribution in [0.3, 0.4) is 0 Å². The standard InChI is InChI=1S/C16H20N2OS/c17-9-3-5-14-4-1-2-6-15(14)16(19)18-12-13-7-10-20-11-8-13/h1-2,4,6,13H,7-12,17H2,(H,18,19). The van der Waals surface area contributed by atoms with E-state index in [1.165, 1.54) is 24.3 Å². The van der Waals surface area contributed by atoms with Crippen molar-refractivity contribution in [1.82, 2.24) is 5.32 Å². The Morgan fingerprint density at radius 1 is 1.35 bits per heavy atom. The molecule has 106 valence electrons. The van der Waals surface area contributed by atoms with E-state index in [0.29, 0.717) is 18.0 Å². The second-order valence-electron chi connectivity index (χ2n) is 4.82. The van der Waals surface area contributed by atoms with Gasteiger partial charge in [-0.25, -0.2) is 0 Å². The van der Waals surface area contributed by atoms with Crippen LogP contribution in [0.25, 0.3) is 0 Å². The fourth-order valence-corrected chi connectivity index (χ4v) is 3.42. The van der Waals surface area contributed by atoms with Crippen molar-refractivity contribution >= 4 is 17.7 Å². The van der Waals surface area contributed by atoms with Gasteiger partial charge in [-0.2, -0.15) is 11.8 Å². The number of carbonyl (C=O) groups excluding carboxylic acids is 1. The van der Waals surface area contributed by atoms with Crippen molar-refractivity contribution in [2.24, 2.45) is 11.7 Å². The average Bonchev–Trinajstić information content (AvgIpc) is 2.52. The number of thioether (sulfide) groups is 1. The van der Waals surface area contributed by atoms with Gasteiger partial charge in [-0.3, -0.25) is 4.79 Å². The summed E-state index contributed by atoms with van der Waals surface area (Å²) in [6, 6.07) is 7.41. The van der Waals surface area contributed by atoms with Crippen molar-refractivity contribution in [1.29, 1.82) is 0 Å². The van der Waals surface area contributed by atoms with E-state index in [1.54, 1.807) is 0 Å². The Labute approximate surface area is 124 Å². The first-order valence-corrected chi connectivity index (χ1v) is 8.10. The molecule has 0 spiro atoms. The molecule has 20 heavy (non-hydrogen) atoms. The van der Waals surface area contributed by atoms with Crippen molar-refractivity contribution in [2.45, 2.75) is 12.8 Å². The first-order valence-electron chi connectivity index (χ1n) is 6.95. The summed E-state index contributed by atoms with van der Waals surface area (Å²) < 4.78 is 0. The molecule has 0 aromatic heterocycles. The van der Waals surface area contributed by atoms with Gasteiger partial charge >= 0.3 is 0 Å². The molecule has 1 aromatic carbocycles. The van der Waals surface area contributed by atoms with E-state index in [2.05, 4.69) is 17.2 Å². The van der Waals surface area contributed by atoms with Gasteiger partial charge in [0.25, 0.3) is 5.91 Å². The van der Waals surface area contributed by atoms with E-state index in [0.717, 1.165) is 12.1 Å². The fourth-order valence-electron chi connectivity index (χ4n) is 2.22. The second-order valence-corrected chi connectivity index (χ2v) is 6.04. The molecule has 0 atom stereocenters. The van der Waals surface area contributed by atoms with Crippen molar-refractivity contribution in [3.63, 3.8) is 0 Å². The summed E-state index contributed by atoms with van der Waals surface area (Å²) >= 11 is 2.00. The molecule has 1 amide bonds. The number of hydrogen-bond donors (Lipinski definition) is 2. The Balaban J connectivity index is 1.97. The van der Waals surface area contributed by atoms with Gasteiger partial charge in [0.15, 0.2) is 0 Å². The first kappa shape index (κ1) is 15.0. The lowest BCUT2D eigenvalue weighted by molar-refractivity contribution is 0.0946. The maximum Gasteiger partial charge on any atom is 0.252 e. The van der Waals surface area contributed by atoms with Gasteiger partial charge in [0, 0.05) is 12.1 Å².